The molecule has 0 aliphatic heterocycles. The molecule has 5 rings (SSSR count). The van der Waals surface area contributed by atoms with Crippen molar-refractivity contribution < 1.29 is 18.8 Å². The van der Waals surface area contributed by atoms with Crippen molar-refractivity contribution in [3.8, 4) is 22.5 Å². The van der Waals surface area contributed by atoms with E-state index in [4.69, 9.17) is 9.26 Å². The molecular formula is C37H44N2O4. The highest BCUT2D eigenvalue weighted by molar-refractivity contribution is 5.87. The van der Waals surface area contributed by atoms with Crippen molar-refractivity contribution in [3.05, 3.63) is 89.2 Å². The van der Waals surface area contributed by atoms with E-state index in [0.717, 1.165) is 84.3 Å². The molecule has 0 bridgehead atoms. The number of benzene rings is 2. The SMILES string of the molecule is C/C=C\C(=C/C)C(C)CN(Cc1c(C)noc1-c1ccc(-c2ccc(C3(C(=O)OCC)CC3)cc2)cc1)CC1(C=O)CC1. The number of carbonyl (C=O) groups excluding carboxylic acids is 2. The van der Waals surface area contributed by atoms with Crippen LogP contribution >= 0.6 is 0 Å². The highest BCUT2D eigenvalue weighted by atomic mass is 16.5. The molecular weight excluding hydrogens is 536 g/mol. The molecule has 2 aliphatic carbocycles. The molecule has 0 N–H and O–H groups in total. The molecule has 3 aromatic rings. The van der Waals surface area contributed by atoms with Crippen LogP contribution in [-0.2, 0) is 26.3 Å². The summed E-state index contributed by atoms with van der Waals surface area (Å²) in [7, 11) is 0. The maximum Gasteiger partial charge on any atom is 0.316 e. The Balaban J connectivity index is 1.34. The van der Waals surface area contributed by atoms with Crippen molar-refractivity contribution in [2.45, 2.75) is 72.3 Å². The van der Waals surface area contributed by atoms with E-state index >= 15 is 0 Å². The smallest absolute Gasteiger partial charge is 0.316 e. The molecule has 0 radical (unpaired) electrons. The van der Waals surface area contributed by atoms with Crippen molar-refractivity contribution >= 4 is 12.3 Å². The highest BCUT2D eigenvalue weighted by Crippen LogP contribution is 2.49. The zero-order valence-electron chi connectivity index (χ0n) is 26.2. The zero-order chi connectivity index (χ0) is 30.6. The van der Waals surface area contributed by atoms with Crippen LogP contribution in [0.5, 0.6) is 0 Å². The van der Waals surface area contributed by atoms with Gasteiger partial charge in [0.15, 0.2) is 5.76 Å². The Morgan fingerprint density at radius 3 is 2.19 bits per heavy atom. The molecule has 2 fully saturated rings. The number of hydrogen-bond acceptors (Lipinski definition) is 6. The Bertz CT molecular complexity index is 1490. The standard InChI is InChI=1S/C37H44N2O4/c1-6-9-28(7-2)26(4)22-39(24-36(25-40)18-19-36)23-33-27(5)38-43-34(33)31-12-10-29(11-13-31)30-14-16-32(17-15-30)37(20-21-37)35(41)42-8-3/h6-7,9-17,25-26H,8,18-24H2,1-5H3/b9-6-,28-7+. The first-order chi connectivity index (χ1) is 20.8. The molecule has 1 atom stereocenters. The van der Waals surface area contributed by atoms with E-state index in [9.17, 15) is 9.59 Å². The molecule has 0 amide bonds. The van der Waals surface area contributed by atoms with E-state index in [2.05, 4.69) is 90.7 Å². The summed E-state index contributed by atoms with van der Waals surface area (Å²) < 4.78 is 11.2. The molecule has 2 saturated carbocycles. The van der Waals surface area contributed by atoms with E-state index in [1.165, 1.54) is 5.57 Å². The molecule has 226 valence electrons. The molecule has 0 spiro atoms. The fourth-order valence-corrected chi connectivity index (χ4v) is 6.16. The third-order valence-electron chi connectivity index (χ3n) is 9.17. The zero-order valence-corrected chi connectivity index (χ0v) is 26.2. The lowest BCUT2D eigenvalue weighted by Crippen LogP contribution is -2.35. The predicted octanol–water partition coefficient (Wildman–Crippen LogP) is 7.85. The number of aromatic nitrogens is 1. The van der Waals surface area contributed by atoms with Crippen molar-refractivity contribution in [2.75, 3.05) is 19.7 Å². The molecule has 1 heterocycles. The predicted molar refractivity (Wildman–Crippen MR) is 170 cm³/mol. The van der Waals surface area contributed by atoms with Crippen LogP contribution in [0.3, 0.4) is 0 Å². The lowest BCUT2D eigenvalue weighted by molar-refractivity contribution is -0.146. The van der Waals surface area contributed by atoms with Gasteiger partial charge in [0.05, 0.1) is 17.7 Å². The lowest BCUT2D eigenvalue weighted by Gasteiger charge is -2.28. The molecule has 1 unspecified atom stereocenters. The van der Waals surface area contributed by atoms with Gasteiger partial charge in [-0.2, -0.15) is 0 Å². The van der Waals surface area contributed by atoms with Crippen LogP contribution in [0.25, 0.3) is 22.5 Å². The summed E-state index contributed by atoms with van der Waals surface area (Å²) in [6.07, 6.45) is 11.2. The molecule has 6 heteroatoms. The number of hydrogen-bond donors (Lipinski definition) is 0. The molecule has 6 nitrogen and oxygen atoms in total. The van der Waals surface area contributed by atoms with Crippen LogP contribution in [0.2, 0.25) is 0 Å². The topological polar surface area (TPSA) is 72.6 Å². The van der Waals surface area contributed by atoms with Crippen LogP contribution in [0.15, 0.2) is 76.9 Å². The summed E-state index contributed by atoms with van der Waals surface area (Å²) in [6.45, 7) is 12.9. The molecule has 0 saturated heterocycles. The van der Waals surface area contributed by atoms with E-state index in [0.29, 0.717) is 19.1 Å². The number of rotatable bonds is 14. The number of carbonyl (C=O) groups is 2. The monoisotopic (exact) mass is 580 g/mol. The second-order valence-corrected chi connectivity index (χ2v) is 12.4. The summed E-state index contributed by atoms with van der Waals surface area (Å²) >= 11 is 0. The minimum atomic E-state index is -0.462. The van der Waals surface area contributed by atoms with Gasteiger partial charge in [-0.05, 0) is 81.6 Å². The summed E-state index contributed by atoms with van der Waals surface area (Å²) in [5.74, 6) is 0.986. The highest BCUT2D eigenvalue weighted by Gasteiger charge is 2.52. The van der Waals surface area contributed by atoms with Gasteiger partial charge in [-0.25, -0.2) is 0 Å². The number of esters is 1. The first-order valence-electron chi connectivity index (χ1n) is 15.6. The average molecular weight is 581 g/mol. The summed E-state index contributed by atoms with van der Waals surface area (Å²) in [5.41, 5.74) is 6.73. The van der Waals surface area contributed by atoms with Crippen molar-refractivity contribution in [3.63, 3.8) is 0 Å². The first-order valence-corrected chi connectivity index (χ1v) is 15.6. The van der Waals surface area contributed by atoms with Crippen molar-refractivity contribution in [1.29, 1.82) is 0 Å². The second kappa shape index (κ2) is 12.8. The summed E-state index contributed by atoms with van der Waals surface area (Å²) in [4.78, 5) is 26.8. The number of aryl methyl sites for hydroxylation is 1. The first kappa shape index (κ1) is 30.7. The van der Waals surface area contributed by atoms with Gasteiger partial charge in [0.1, 0.15) is 6.29 Å². The van der Waals surface area contributed by atoms with E-state index < -0.39 is 5.41 Å². The van der Waals surface area contributed by atoms with Crippen LogP contribution < -0.4 is 0 Å². The quantitative estimate of drug-likeness (QED) is 0.110. The number of nitrogens with zero attached hydrogens (tertiary/aromatic N) is 2. The van der Waals surface area contributed by atoms with E-state index in [1.54, 1.807) is 0 Å². The van der Waals surface area contributed by atoms with Gasteiger partial charge in [-0.15, -0.1) is 0 Å². The fraction of sp³-hybridized carbons (Fsp3) is 0.432. The van der Waals surface area contributed by atoms with E-state index in [1.807, 2.05) is 20.8 Å². The Morgan fingerprint density at radius 1 is 1.02 bits per heavy atom. The minimum absolute atomic E-state index is 0.114. The van der Waals surface area contributed by atoms with Crippen molar-refractivity contribution in [2.24, 2.45) is 11.3 Å². The van der Waals surface area contributed by atoms with Gasteiger partial charge in [0.25, 0.3) is 0 Å². The summed E-state index contributed by atoms with van der Waals surface area (Å²) in [5, 5.41) is 4.35. The summed E-state index contributed by atoms with van der Waals surface area (Å²) in [6, 6.07) is 16.7. The Kier molecular flexibility index (Phi) is 9.16. The van der Waals surface area contributed by atoms with Crippen LogP contribution in [0.1, 0.15) is 70.2 Å². The third-order valence-corrected chi connectivity index (χ3v) is 9.17. The molecule has 1 aromatic heterocycles. The fourth-order valence-electron chi connectivity index (χ4n) is 6.16. The van der Waals surface area contributed by atoms with Gasteiger partial charge in [0, 0.05) is 36.2 Å². The number of allylic oxidation sites excluding steroid dienone is 3. The second-order valence-electron chi connectivity index (χ2n) is 12.4. The van der Waals surface area contributed by atoms with Gasteiger partial charge in [0.2, 0.25) is 0 Å². The average Bonchev–Trinajstić information content (AvgIpc) is 3.95. The normalized spacial score (nSPS) is 17.7. The molecule has 43 heavy (non-hydrogen) atoms. The van der Waals surface area contributed by atoms with Crippen LogP contribution in [0, 0.1) is 18.3 Å². The maximum absolute atomic E-state index is 12.5. The Morgan fingerprint density at radius 2 is 1.65 bits per heavy atom. The Labute approximate surface area is 255 Å². The van der Waals surface area contributed by atoms with Crippen LogP contribution in [-0.4, -0.2) is 42.0 Å². The van der Waals surface area contributed by atoms with Crippen LogP contribution in [0.4, 0.5) is 0 Å². The maximum atomic E-state index is 12.5. The third kappa shape index (κ3) is 6.59. The van der Waals surface area contributed by atoms with Gasteiger partial charge >= 0.3 is 5.97 Å². The Hall–Kier alpha value is -3.77. The molecule has 2 aliphatic rings. The van der Waals surface area contributed by atoms with Gasteiger partial charge in [-0.1, -0.05) is 78.8 Å². The van der Waals surface area contributed by atoms with E-state index in [-0.39, 0.29) is 11.4 Å². The van der Waals surface area contributed by atoms with Gasteiger partial charge in [-0.3, -0.25) is 9.69 Å². The molecule has 2 aromatic carbocycles. The minimum Gasteiger partial charge on any atom is -0.465 e. The number of ether oxygens (including phenoxy) is 1. The van der Waals surface area contributed by atoms with Crippen molar-refractivity contribution in [1.82, 2.24) is 10.1 Å². The largest absolute Gasteiger partial charge is 0.465 e. The van der Waals surface area contributed by atoms with Gasteiger partial charge < -0.3 is 14.1 Å². The lowest BCUT2D eigenvalue weighted by atomic mass is 9.93. The number of aldehydes is 1.